The summed E-state index contributed by atoms with van der Waals surface area (Å²) >= 11 is 0. The Morgan fingerprint density at radius 1 is 1.17 bits per heavy atom. The molecule has 4 N–H and O–H groups in total. The molecule has 0 unspecified atom stereocenters. The van der Waals surface area contributed by atoms with Crippen molar-refractivity contribution >= 4 is 5.95 Å². The molecule has 0 spiro atoms. The molecule has 0 amide bonds. The van der Waals surface area contributed by atoms with Crippen LogP contribution in [0, 0.1) is 0 Å². The molecule has 18 heavy (non-hydrogen) atoms. The van der Waals surface area contributed by atoms with Crippen molar-refractivity contribution in [2.45, 2.75) is 18.8 Å². The van der Waals surface area contributed by atoms with Gasteiger partial charge in [0.1, 0.15) is 0 Å². The Labute approximate surface area is 105 Å². The molecule has 3 heterocycles. The molecule has 3 rings (SSSR count). The summed E-state index contributed by atoms with van der Waals surface area (Å²) in [6.07, 6.45) is 5.70. The fourth-order valence-corrected chi connectivity index (χ4v) is 2.30. The normalized spacial score (nSPS) is 16.9. The third-order valence-electron chi connectivity index (χ3n) is 3.34. The fraction of sp³-hybridized carbons (Fsp3) is 0.417. The van der Waals surface area contributed by atoms with Crippen molar-refractivity contribution in [3.05, 3.63) is 24.2 Å². The summed E-state index contributed by atoms with van der Waals surface area (Å²) < 4.78 is 0. The van der Waals surface area contributed by atoms with E-state index in [4.69, 9.17) is 5.73 Å². The van der Waals surface area contributed by atoms with Gasteiger partial charge < -0.3 is 11.1 Å². The summed E-state index contributed by atoms with van der Waals surface area (Å²) in [5.41, 5.74) is 8.43. The lowest BCUT2D eigenvalue weighted by Gasteiger charge is -2.20. The molecule has 1 fully saturated rings. The van der Waals surface area contributed by atoms with Gasteiger partial charge in [0.15, 0.2) is 0 Å². The summed E-state index contributed by atoms with van der Waals surface area (Å²) in [6, 6.07) is 2.09. The molecule has 0 aromatic carbocycles. The van der Waals surface area contributed by atoms with Gasteiger partial charge in [0.25, 0.3) is 0 Å². The molecule has 94 valence electrons. The highest BCUT2D eigenvalue weighted by Crippen LogP contribution is 2.26. The van der Waals surface area contributed by atoms with Crippen molar-refractivity contribution < 1.29 is 0 Å². The molecule has 0 radical (unpaired) electrons. The molecule has 1 saturated heterocycles. The second kappa shape index (κ2) is 4.73. The summed E-state index contributed by atoms with van der Waals surface area (Å²) in [6.45, 7) is 2.15. The van der Waals surface area contributed by atoms with E-state index in [1.807, 2.05) is 0 Å². The molecular formula is C12H16N6. The average Bonchev–Trinajstić information content (AvgIpc) is 2.90. The lowest BCUT2D eigenvalue weighted by atomic mass is 9.94. The summed E-state index contributed by atoms with van der Waals surface area (Å²) in [4.78, 5) is 7.96. The minimum absolute atomic E-state index is 0.285. The van der Waals surface area contributed by atoms with E-state index in [2.05, 4.69) is 31.5 Å². The van der Waals surface area contributed by atoms with Crippen LogP contribution in [0.2, 0.25) is 0 Å². The molecular weight excluding hydrogens is 228 g/mol. The fourth-order valence-electron chi connectivity index (χ4n) is 2.30. The van der Waals surface area contributed by atoms with Crippen molar-refractivity contribution in [2.75, 3.05) is 18.8 Å². The van der Waals surface area contributed by atoms with Gasteiger partial charge in [0.2, 0.25) is 5.95 Å². The smallest absolute Gasteiger partial charge is 0.219 e. The number of rotatable bonds is 2. The van der Waals surface area contributed by atoms with E-state index in [0.717, 1.165) is 37.2 Å². The van der Waals surface area contributed by atoms with Gasteiger partial charge >= 0.3 is 0 Å². The molecule has 6 nitrogen and oxygen atoms in total. The number of aromatic amines is 1. The van der Waals surface area contributed by atoms with E-state index >= 15 is 0 Å². The maximum Gasteiger partial charge on any atom is 0.219 e. The number of aromatic nitrogens is 4. The number of anilines is 1. The standard InChI is InChI=1S/C12H16N6/c13-12-15-6-9(7-16-12)11-5-10(17-18-11)8-1-3-14-4-2-8/h5-8,14H,1-4H2,(H,17,18)(H2,13,15,16). The van der Waals surface area contributed by atoms with Crippen LogP contribution < -0.4 is 11.1 Å². The van der Waals surface area contributed by atoms with Crippen molar-refractivity contribution in [1.82, 2.24) is 25.5 Å². The van der Waals surface area contributed by atoms with Crippen molar-refractivity contribution in [1.29, 1.82) is 0 Å². The lowest BCUT2D eigenvalue weighted by molar-refractivity contribution is 0.453. The second-order valence-electron chi connectivity index (χ2n) is 4.56. The average molecular weight is 244 g/mol. The van der Waals surface area contributed by atoms with Gasteiger partial charge in [0.05, 0.1) is 5.69 Å². The predicted molar refractivity (Wildman–Crippen MR) is 68.9 cm³/mol. The van der Waals surface area contributed by atoms with Crippen LogP contribution in [0.25, 0.3) is 11.3 Å². The molecule has 0 atom stereocenters. The molecule has 0 bridgehead atoms. The van der Waals surface area contributed by atoms with E-state index in [1.165, 1.54) is 5.69 Å². The highest BCUT2D eigenvalue weighted by molar-refractivity contribution is 5.57. The van der Waals surface area contributed by atoms with Gasteiger partial charge in [-0.15, -0.1) is 0 Å². The number of nitrogen functional groups attached to an aromatic ring is 1. The van der Waals surface area contributed by atoms with Gasteiger partial charge in [-0.05, 0) is 32.0 Å². The van der Waals surface area contributed by atoms with Crippen LogP contribution in [0.3, 0.4) is 0 Å². The Hall–Kier alpha value is -1.95. The molecule has 0 saturated carbocycles. The van der Waals surface area contributed by atoms with Crippen molar-refractivity contribution in [2.24, 2.45) is 0 Å². The SMILES string of the molecule is Nc1ncc(-c2cc(C3CCNCC3)[nH]n2)cn1. The highest BCUT2D eigenvalue weighted by atomic mass is 15.1. The van der Waals surface area contributed by atoms with E-state index in [9.17, 15) is 0 Å². The number of nitrogens with one attached hydrogen (secondary N) is 2. The van der Waals surface area contributed by atoms with E-state index in [1.54, 1.807) is 12.4 Å². The summed E-state index contributed by atoms with van der Waals surface area (Å²) in [5, 5.41) is 10.8. The van der Waals surface area contributed by atoms with Crippen molar-refractivity contribution in [3.63, 3.8) is 0 Å². The number of nitrogens with zero attached hydrogens (tertiary/aromatic N) is 3. The molecule has 2 aromatic heterocycles. The molecule has 6 heteroatoms. The maximum absolute atomic E-state index is 5.47. The van der Waals surface area contributed by atoms with Gasteiger partial charge in [-0.1, -0.05) is 0 Å². The van der Waals surface area contributed by atoms with Crippen LogP contribution in [0.15, 0.2) is 18.5 Å². The zero-order valence-corrected chi connectivity index (χ0v) is 10.1. The minimum Gasteiger partial charge on any atom is -0.368 e. The number of hydrogen-bond donors (Lipinski definition) is 3. The van der Waals surface area contributed by atoms with Crippen LogP contribution in [-0.2, 0) is 0 Å². The van der Waals surface area contributed by atoms with Crippen LogP contribution in [0.1, 0.15) is 24.5 Å². The predicted octanol–water partition coefficient (Wildman–Crippen LogP) is 0.916. The molecule has 2 aromatic rings. The first-order valence-corrected chi connectivity index (χ1v) is 6.17. The Morgan fingerprint density at radius 2 is 1.89 bits per heavy atom. The van der Waals surface area contributed by atoms with E-state index in [0.29, 0.717) is 5.92 Å². The van der Waals surface area contributed by atoms with Gasteiger partial charge in [0, 0.05) is 29.6 Å². The topological polar surface area (TPSA) is 92.5 Å². The van der Waals surface area contributed by atoms with Crippen LogP contribution in [-0.4, -0.2) is 33.3 Å². The first-order valence-electron chi connectivity index (χ1n) is 6.17. The van der Waals surface area contributed by atoms with Gasteiger partial charge in [-0.25, -0.2) is 9.97 Å². The van der Waals surface area contributed by atoms with Crippen molar-refractivity contribution in [3.8, 4) is 11.3 Å². The number of hydrogen-bond acceptors (Lipinski definition) is 5. The lowest BCUT2D eigenvalue weighted by Crippen LogP contribution is -2.26. The zero-order chi connectivity index (χ0) is 12.4. The molecule has 1 aliphatic rings. The van der Waals surface area contributed by atoms with Crippen LogP contribution >= 0.6 is 0 Å². The Kier molecular flexibility index (Phi) is 2.93. The first kappa shape index (κ1) is 11.2. The van der Waals surface area contributed by atoms with Gasteiger partial charge in [-0.3, -0.25) is 5.10 Å². The van der Waals surface area contributed by atoms with Crippen LogP contribution in [0.4, 0.5) is 5.95 Å². The van der Waals surface area contributed by atoms with Crippen LogP contribution in [0.5, 0.6) is 0 Å². The zero-order valence-electron chi connectivity index (χ0n) is 10.1. The quantitative estimate of drug-likeness (QED) is 0.730. The second-order valence-corrected chi connectivity index (χ2v) is 4.56. The highest BCUT2D eigenvalue weighted by Gasteiger charge is 2.17. The molecule has 0 aliphatic carbocycles. The van der Waals surface area contributed by atoms with Gasteiger partial charge in [-0.2, -0.15) is 5.10 Å². The third-order valence-corrected chi connectivity index (χ3v) is 3.34. The first-order chi connectivity index (χ1) is 8.83. The van der Waals surface area contributed by atoms with E-state index < -0.39 is 0 Å². The Balaban J connectivity index is 1.82. The Bertz CT molecular complexity index is 512. The monoisotopic (exact) mass is 244 g/mol. The number of piperidine rings is 1. The molecule has 1 aliphatic heterocycles. The summed E-state index contributed by atoms with van der Waals surface area (Å²) in [7, 11) is 0. The third kappa shape index (κ3) is 2.19. The maximum atomic E-state index is 5.47. The minimum atomic E-state index is 0.285. The number of nitrogens with two attached hydrogens (primary N) is 1. The largest absolute Gasteiger partial charge is 0.368 e. The number of H-pyrrole nitrogens is 1. The Morgan fingerprint density at radius 3 is 2.61 bits per heavy atom. The summed E-state index contributed by atoms with van der Waals surface area (Å²) in [5.74, 6) is 0.857. The van der Waals surface area contributed by atoms with E-state index in [-0.39, 0.29) is 5.95 Å².